The summed E-state index contributed by atoms with van der Waals surface area (Å²) in [5, 5.41) is 1.29. The lowest BCUT2D eigenvalue weighted by Crippen LogP contribution is -2.33. The van der Waals surface area contributed by atoms with Gasteiger partial charge < -0.3 is 0 Å². The third-order valence-corrected chi connectivity index (χ3v) is 6.00. The minimum Gasteiger partial charge on any atom is -0.251 e. The van der Waals surface area contributed by atoms with Crippen LogP contribution in [0.25, 0.3) is 23.1 Å². The van der Waals surface area contributed by atoms with Crippen LogP contribution in [-0.4, -0.2) is 4.98 Å². The monoisotopic (exact) mass is 311 g/mol. The maximum Gasteiger partial charge on any atom is 0.0783 e. The Morgan fingerprint density at radius 1 is 1.08 bits per heavy atom. The van der Waals surface area contributed by atoms with Gasteiger partial charge in [-0.1, -0.05) is 60.7 Å². The van der Waals surface area contributed by atoms with Gasteiger partial charge >= 0.3 is 0 Å². The van der Waals surface area contributed by atoms with Gasteiger partial charge in [0.05, 0.1) is 11.2 Å². The van der Waals surface area contributed by atoms with Crippen LogP contribution in [0.15, 0.2) is 48.6 Å². The first-order valence-corrected chi connectivity index (χ1v) is 8.86. The summed E-state index contributed by atoms with van der Waals surface area (Å²) in [4.78, 5) is 5.26. The van der Waals surface area contributed by atoms with Crippen LogP contribution >= 0.6 is 0 Å². The summed E-state index contributed by atoms with van der Waals surface area (Å²) in [5.74, 6) is 0.398. The summed E-state index contributed by atoms with van der Waals surface area (Å²) in [5.41, 5.74) is 7.79. The molecule has 0 aliphatic heterocycles. The molecule has 0 saturated heterocycles. The van der Waals surface area contributed by atoms with Crippen molar-refractivity contribution in [2.24, 2.45) is 5.92 Å². The zero-order valence-corrected chi connectivity index (χ0v) is 14.2. The number of aryl methyl sites for hydroxylation is 2. The van der Waals surface area contributed by atoms with E-state index in [4.69, 9.17) is 4.98 Å². The zero-order valence-electron chi connectivity index (χ0n) is 14.2. The maximum atomic E-state index is 5.26. The first-order chi connectivity index (χ1) is 11.7. The molecule has 1 aromatic carbocycles. The van der Waals surface area contributed by atoms with E-state index in [9.17, 15) is 0 Å². The fourth-order valence-corrected chi connectivity index (χ4v) is 4.48. The summed E-state index contributed by atoms with van der Waals surface area (Å²) in [6, 6.07) is 4.57. The van der Waals surface area contributed by atoms with E-state index >= 15 is 0 Å². The van der Waals surface area contributed by atoms with Crippen molar-refractivity contribution < 1.29 is 0 Å². The number of benzene rings is 1. The fourth-order valence-electron chi connectivity index (χ4n) is 4.48. The Kier molecular flexibility index (Phi) is 2.79. The molecule has 1 heteroatoms. The molecule has 24 heavy (non-hydrogen) atoms. The normalized spacial score (nSPS) is 26.3. The molecule has 1 heterocycles. The Morgan fingerprint density at radius 2 is 2.00 bits per heavy atom. The van der Waals surface area contributed by atoms with E-state index in [1.54, 1.807) is 0 Å². The minimum absolute atomic E-state index is 0.0428. The number of fused-ring (bicyclic) bond motifs is 6. The highest BCUT2D eigenvalue weighted by Gasteiger charge is 2.38. The van der Waals surface area contributed by atoms with Crippen LogP contribution in [0.3, 0.4) is 0 Å². The molecule has 0 fully saturated rings. The third-order valence-electron chi connectivity index (χ3n) is 6.00. The topological polar surface area (TPSA) is 12.9 Å². The molecular formula is C23H21N. The van der Waals surface area contributed by atoms with Gasteiger partial charge in [0, 0.05) is 27.8 Å². The average Bonchev–Trinajstić information content (AvgIpc) is 2.61. The highest BCUT2D eigenvalue weighted by atomic mass is 14.8. The second-order valence-electron chi connectivity index (χ2n) is 7.39. The van der Waals surface area contributed by atoms with Crippen LogP contribution in [0, 0.1) is 12.8 Å². The van der Waals surface area contributed by atoms with Crippen LogP contribution in [-0.2, 0) is 11.8 Å². The standard InChI is InChI=1S/C23H21N/c1-15-18-12-10-16-7-3-4-9-20(16)21(18)24-22-19(15)13-11-17-8-5-6-14-23(17,22)2/h4-6,8-14,17H,3,7H2,1-2H3. The van der Waals surface area contributed by atoms with Crippen molar-refractivity contribution in [3.8, 4) is 0 Å². The molecule has 0 spiro atoms. The molecule has 118 valence electrons. The van der Waals surface area contributed by atoms with Gasteiger partial charge in [0.1, 0.15) is 0 Å². The Morgan fingerprint density at radius 3 is 2.92 bits per heavy atom. The highest BCUT2D eigenvalue weighted by molar-refractivity contribution is 5.94. The fraction of sp³-hybridized carbons (Fsp3) is 0.261. The molecule has 3 aliphatic carbocycles. The Hall–Kier alpha value is -2.41. The third kappa shape index (κ3) is 1.73. The lowest BCUT2D eigenvalue weighted by molar-refractivity contribution is 0.479. The molecular weight excluding hydrogens is 290 g/mol. The quantitative estimate of drug-likeness (QED) is 0.623. The number of aromatic nitrogens is 1. The molecule has 0 amide bonds. The van der Waals surface area contributed by atoms with Gasteiger partial charge in [0.15, 0.2) is 0 Å². The SMILES string of the molecule is Cc1c2c(nc3c4c(ccc13)CCC=C4)C1(C)C=CC=CC1C=C2. The Bertz CT molecular complexity index is 987. The van der Waals surface area contributed by atoms with Crippen LogP contribution < -0.4 is 0 Å². The van der Waals surface area contributed by atoms with Gasteiger partial charge in [-0.3, -0.25) is 4.98 Å². The number of hydrogen-bond donors (Lipinski definition) is 0. The van der Waals surface area contributed by atoms with Crippen LogP contribution in [0.5, 0.6) is 0 Å². The molecule has 1 aromatic heterocycles. The van der Waals surface area contributed by atoms with E-state index in [1.807, 2.05) is 0 Å². The lowest BCUT2D eigenvalue weighted by atomic mass is 9.67. The number of nitrogens with zero attached hydrogens (tertiary/aromatic N) is 1. The largest absolute Gasteiger partial charge is 0.251 e. The van der Waals surface area contributed by atoms with E-state index in [2.05, 4.69) is 74.6 Å². The number of rotatable bonds is 0. The van der Waals surface area contributed by atoms with Gasteiger partial charge in [-0.25, -0.2) is 0 Å². The summed E-state index contributed by atoms with van der Waals surface area (Å²) in [6.07, 6.45) is 20.4. The Balaban J connectivity index is 1.88. The van der Waals surface area contributed by atoms with Crippen molar-refractivity contribution >= 4 is 23.1 Å². The van der Waals surface area contributed by atoms with Gasteiger partial charge in [-0.2, -0.15) is 0 Å². The van der Waals surface area contributed by atoms with Crippen molar-refractivity contribution in [2.45, 2.75) is 32.1 Å². The van der Waals surface area contributed by atoms with E-state index in [0.29, 0.717) is 5.92 Å². The van der Waals surface area contributed by atoms with Gasteiger partial charge in [-0.15, -0.1) is 0 Å². The van der Waals surface area contributed by atoms with Crippen molar-refractivity contribution in [1.82, 2.24) is 4.98 Å². The first-order valence-electron chi connectivity index (χ1n) is 8.86. The van der Waals surface area contributed by atoms with Gasteiger partial charge in [0.2, 0.25) is 0 Å². The van der Waals surface area contributed by atoms with E-state index in [1.165, 1.54) is 38.9 Å². The van der Waals surface area contributed by atoms with Crippen LogP contribution in [0.1, 0.15) is 41.3 Å². The molecule has 0 bridgehead atoms. The number of allylic oxidation sites excluding steroid dienone is 6. The Labute approximate surface area is 143 Å². The second kappa shape index (κ2) is 4.80. The van der Waals surface area contributed by atoms with Crippen molar-refractivity contribution in [2.75, 3.05) is 0 Å². The molecule has 2 atom stereocenters. The van der Waals surface area contributed by atoms with Crippen molar-refractivity contribution in [3.63, 3.8) is 0 Å². The molecule has 2 unspecified atom stereocenters. The molecule has 0 saturated carbocycles. The van der Waals surface area contributed by atoms with E-state index in [-0.39, 0.29) is 5.41 Å². The van der Waals surface area contributed by atoms with Gasteiger partial charge in [-0.05, 0) is 37.8 Å². The summed E-state index contributed by atoms with van der Waals surface area (Å²) >= 11 is 0. The average molecular weight is 311 g/mol. The minimum atomic E-state index is -0.0428. The molecule has 2 aromatic rings. The highest BCUT2D eigenvalue weighted by Crippen LogP contribution is 2.45. The predicted molar refractivity (Wildman–Crippen MR) is 102 cm³/mol. The van der Waals surface area contributed by atoms with E-state index < -0.39 is 0 Å². The second-order valence-corrected chi connectivity index (χ2v) is 7.39. The summed E-state index contributed by atoms with van der Waals surface area (Å²) < 4.78 is 0. The van der Waals surface area contributed by atoms with E-state index in [0.717, 1.165) is 12.8 Å². The maximum absolute atomic E-state index is 5.26. The lowest BCUT2D eigenvalue weighted by Gasteiger charge is -2.38. The number of pyridine rings is 1. The molecule has 0 N–H and O–H groups in total. The molecule has 1 nitrogen and oxygen atoms in total. The summed E-state index contributed by atoms with van der Waals surface area (Å²) in [7, 11) is 0. The number of hydrogen-bond acceptors (Lipinski definition) is 1. The van der Waals surface area contributed by atoms with Crippen LogP contribution in [0.2, 0.25) is 0 Å². The molecule has 0 radical (unpaired) electrons. The molecule has 5 rings (SSSR count). The van der Waals surface area contributed by atoms with Crippen LogP contribution in [0.4, 0.5) is 0 Å². The van der Waals surface area contributed by atoms with Crippen molar-refractivity contribution in [3.05, 3.63) is 76.5 Å². The molecule has 3 aliphatic rings. The van der Waals surface area contributed by atoms with Crippen molar-refractivity contribution in [1.29, 1.82) is 0 Å². The smallest absolute Gasteiger partial charge is 0.0783 e. The zero-order chi connectivity index (χ0) is 16.3. The predicted octanol–water partition coefficient (Wildman–Crippen LogP) is 5.53. The van der Waals surface area contributed by atoms with Gasteiger partial charge in [0.25, 0.3) is 0 Å². The summed E-state index contributed by atoms with van der Waals surface area (Å²) in [6.45, 7) is 4.57. The first kappa shape index (κ1) is 14.0.